The number of carbonyl (C=O) groups is 1. The van der Waals surface area contributed by atoms with Gasteiger partial charge < -0.3 is 19.5 Å². The molecule has 0 saturated carbocycles. The average Bonchev–Trinajstić information content (AvgIpc) is 3.17. The van der Waals surface area contributed by atoms with Crippen molar-refractivity contribution in [1.82, 2.24) is 19.7 Å². The number of methoxy groups -OCH3 is 1. The number of nitrogens with one attached hydrogen (secondary N) is 1. The van der Waals surface area contributed by atoms with Crippen LogP contribution in [0.3, 0.4) is 0 Å². The predicted octanol–water partition coefficient (Wildman–Crippen LogP) is 2.24. The highest BCUT2D eigenvalue weighted by molar-refractivity contribution is 7.89. The van der Waals surface area contributed by atoms with Crippen molar-refractivity contribution in [3.8, 4) is 5.75 Å². The zero-order valence-electron chi connectivity index (χ0n) is 18.9. The summed E-state index contributed by atoms with van der Waals surface area (Å²) in [5.74, 6) is 0.354. The minimum atomic E-state index is -3.86. The van der Waals surface area contributed by atoms with Crippen molar-refractivity contribution < 1.29 is 22.5 Å². The van der Waals surface area contributed by atoms with E-state index >= 15 is 0 Å². The first-order valence-corrected chi connectivity index (χ1v) is 11.9. The second-order valence-electron chi connectivity index (χ2n) is 8.01. The molecule has 1 fully saturated rings. The smallest absolute Gasteiger partial charge is 0.248 e. The summed E-state index contributed by atoms with van der Waals surface area (Å²) < 4.78 is 38.5. The third-order valence-corrected chi connectivity index (χ3v) is 7.36. The van der Waals surface area contributed by atoms with E-state index in [9.17, 15) is 13.2 Å². The number of carbonyl (C=O) groups excluding carboxylic acids is 1. The third-order valence-electron chi connectivity index (χ3n) is 5.34. The Balaban J connectivity index is 1.69. The molecule has 1 saturated heterocycles. The number of hydrogen-bond donors (Lipinski definition) is 1. The SMILES string of the molecule is COc1ccc(CNC(=O)[C@@H]2CCCN(S(=O)(=O)c3c(C)noc3/C=C/N(C)C)C2)cc1. The van der Waals surface area contributed by atoms with Gasteiger partial charge in [-0.15, -0.1) is 0 Å². The Morgan fingerprint density at radius 3 is 2.72 bits per heavy atom. The summed E-state index contributed by atoms with van der Waals surface area (Å²) in [4.78, 5) is 14.6. The number of hydrogen-bond acceptors (Lipinski definition) is 7. The van der Waals surface area contributed by atoms with E-state index in [1.54, 1.807) is 31.2 Å². The standard InChI is InChI=1S/C22H30N4O5S/c1-16-21(20(31-24-16)11-13-25(2)3)32(28,29)26-12-5-6-18(15-26)22(27)23-14-17-7-9-19(30-4)10-8-17/h7-11,13,18H,5-6,12,14-15H2,1-4H3,(H,23,27)/b13-11+/t18-/m1/s1. The molecule has 0 bridgehead atoms. The maximum absolute atomic E-state index is 13.4. The van der Waals surface area contributed by atoms with Crippen molar-refractivity contribution >= 4 is 22.0 Å². The Hall–Kier alpha value is -2.85. The number of piperidine rings is 1. The Morgan fingerprint density at radius 2 is 2.06 bits per heavy atom. The van der Waals surface area contributed by atoms with Crippen molar-refractivity contribution in [3.63, 3.8) is 0 Å². The highest BCUT2D eigenvalue weighted by atomic mass is 32.2. The highest BCUT2D eigenvalue weighted by Gasteiger charge is 2.36. The lowest BCUT2D eigenvalue weighted by atomic mass is 9.99. The number of nitrogens with zero attached hydrogens (tertiary/aromatic N) is 3. The summed E-state index contributed by atoms with van der Waals surface area (Å²) in [5, 5.41) is 6.77. The van der Waals surface area contributed by atoms with Gasteiger partial charge in [0.2, 0.25) is 15.9 Å². The van der Waals surface area contributed by atoms with Crippen LogP contribution in [0.5, 0.6) is 5.75 Å². The van der Waals surface area contributed by atoms with Gasteiger partial charge in [0.05, 0.1) is 13.0 Å². The van der Waals surface area contributed by atoms with Crippen LogP contribution in [-0.4, -0.2) is 63.0 Å². The molecule has 0 unspecified atom stereocenters. The highest BCUT2D eigenvalue weighted by Crippen LogP contribution is 2.29. The van der Waals surface area contributed by atoms with Crippen LogP contribution in [0.1, 0.15) is 29.9 Å². The van der Waals surface area contributed by atoms with Crippen molar-refractivity contribution in [2.75, 3.05) is 34.3 Å². The monoisotopic (exact) mass is 462 g/mol. The molecule has 0 aliphatic carbocycles. The molecule has 1 N–H and O–H groups in total. The first-order chi connectivity index (χ1) is 15.2. The van der Waals surface area contributed by atoms with E-state index < -0.39 is 15.9 Å². The minimum absolute atomic E-state index is 0.0508. The molecule has 3 rings (SSSR count). The minimum Gasteiger partial charge on any atom is -0.497 e. The second-order valence-corrected chi connectivity index (χ2v) is 9.88. The molecule has 32 heavy (non-hydrogen) atoms. The molecule has 1 aromatic carbocycles. The second kappa shape index (κ2) is 10.2. The molecule has 174 valence electrons. The van der Waals surface area contributed by atoms with E-state index in [0.29, 0.717) is 31.6 Å². The number of amides is 1. The normalized spacial score (nSPS) is 17.4. The predicted molar refractivity (Wildman–Crippen MR) is 120 cm³/mol. The quantitative estimate of drug-likeness (QED) is 0.641. The van der Waals surface area contributed by atoms with Crippen LogP contribution in [0.25, 0.3) is 6.08 Å². The summed E-state index contributed by atoms with van der Waals surface area (Å²) >= 11 is 0. The maximum Gasteiger partial charge on any atom is 0.248 e. The number of rotatable bonds is 8. The molecular weight excluding hydrogens is 432 g/mol. The molecule has 0 radical (unpaired) electrons. The largest absolute Gasteiger partial charge is 0.497 e. The third kappa shape index (κ3) is 5.49. The number of sulfonamides is 1. The van der Waals surface area contributed by atoms with Gasteiger partial charge in [-0.1, -0.05) is 17.3 Å². The fourth-order valence-electron chi connectivity index (χ4n) is 3.60. The van der Waals surface area contributed by atoms with Crippen LogP contribution in [0.2, 0.25) is 0 Å². The van der Waals surface area contributed by atoms with Crippen LogP contribution in [0, 0.1) is 12.8 Å². The molecule has 1 aliphatic rings. The lowest BCUT2D eigenvalue weighted by Crippen LogP contribution is -2.45. The summed E-state index contributed by atoms with van der Waals surface area (Å²) in [5.41, 5.74) is 1.24. The van der Waals surface area contributed by atoms with Gasteiger partial charge >= 0.3 is 0 Å². The van der Waals surface area contributed by atoms with E-state index in [1.807, 2.05) is 38.4 Å². The number of aromatic nitrogens is 1. The summed E-state index contributed by atoms with van der Waals surface area (Å²) in [6.45, 7) is 2.45. The lowest BCUT2D eigenvalue weighted by Gasteiger charge is -2.31. The molecular formula is C22H30N4O5S. The van der Waals surface area contributed by atoms with Crippen LogP contribution < -0.4 is 10.1 Å². The fraction of sp³-hybridized carbons (Fsp3) is 0.455. The van der Waals surface area contributed by atoms with Gasteiger partial charge in [0.15, 0.2) is 10.7 Å². The zero-order valence-corrected chi connectivity index (χ0v) is 19.7. The van der Waals surface area contributed by atoms with E-state index in [1.165, 1.54) is 4.31 Å². The van der Waals surface area contributed by atoms with Crippen LogP contribution in [0.4, 0.5) is 0 Å². The van der Waals surface area contributed by atoms with Crippen molar-refractivity contribution in [2.45, 2.75) is 31.2 Å². The molecule has 1 atom stereocenters. The maximum atomic E-state index is 13.4. The van der Waals surface area contributed by atoms with Crippen molar-refractivity contribution in [3.05, 3.63) is 47.5 Å². The molecule has 2 heterocycles. The Labute approximate surface area is 189 Å². The van der Waals surface area contributed by atoms with E-state index in [4.69, 9.17) is 9.26 Å². The van der Waals surface area contributed by atoms with Gasteiger partial charge in [-0.25, -0.2) is 8.42 Å². The molecule has 1 aromatic heterocycles. The van der Waals surface area contributed by atoms with Gasteiger partial charge in [-0.05, 0) is 37.5 Å². The van der Waals surface area contributed by atoms with Gasteiger partial charge in [0, 0.05) is 46.0 Å². The first-order valence-electron chi connectivity index (χ1n) is 10.4. The van der Waals surface area contributed by atoms with Crippen LogP contribution in [0.15, 0.2) is 39.9 Å². The lowest BCUT2D eigenvalue weighted by molar-refractivity contribution is -0.126. The molecule has 2 aromatic rings. The van der Waals surface area contributed by atoms with Gasteiger partial charge in [0.25, 0.3) is 0 Å². The number of aryl methyl sites for hydroxylation is 1. The van der Waals surface area contributed by atoms with E-state index in [-0.39, 0.29) is 23.1 Å². The summed E-state index contributed by atoms with van der Waals surface area (Å²) in [7, 11) is 1.40. The van der Waals surface area contributed by atoms with E-state index in [2.05, 4.69) is 10.5 Å². The molecule has 1 amide bonds. The Morgan fingerprint density at radius 1 is 1.34 bits per heavy atom. The van der Waals surface area contributed by atoms with Crippen LogP contribution in [-0.2, 0) is 21.4 Å². The molecule has 0 spiro atoms. The Kier molecular flexibility index (Phi) is 7.57. The van der Waals surface area contributed by atoms with Gasteiger partial charge in [-0.2, -0.15) is 4.31 Å². The first kappa shape index (κ1) is 23.8. The molecule has 1 aliphatic heterocycles. The van der Waals surface area contributed by atoms with Crippen LogP contribution >= 0.6 is 0 Å². The van der Waals surface area contributed by atoms with Crippen molar-refractivity contribution in [2.24, 2.45) is 5.92 Å². The van der Waals surface area contributed by atoms with Gasteiger partial charge in [0.1, 0.15) is 11.4 Å². The fourth-order valence-corrected chi connectivity index (χ4v) is 5.37. The average molecular weight is 463 g/mol. The topological polar surface area (TPSA) is 105 Å². The summed E-state index contributed by atoms with van der Waals surface area (Å²) in [6.07, 6.45) is 4.52. The number of ether oxygens (including phenoxy) is 1. The number of benzene rings is 1. The summed E-state index contributed by atoms with van der Waals surface area (Å²) in [6, 6.07) is 7.43. The Bertz CT molecular complexity index is 1060. The molecule has 10 heteroatoms. The van der Waals surface area contributed by atoms with Gasteiger partial charge in [-0.3, -0.25) is 4.79 Å². The van der Waals surface area contributed by atoms with Crippen molar-refractivity contribution in [1.29, 1.82) is 0 Å². The van der Waals surface area contributed by atoms with E-state index in [0.717, 1.165) is 11.3 Å². The molecule has 9 nitrogen and oxygen atoms in total. The zero-order chi connectivity index (χ0) is 23.3.